The summed E-state index contributed by atoms with van der Waals surface area (Å²) in [6, 6.07) is 27.4. The van der Waals surface area contributed by atoms with Crippen LogP contribution in [-0.2, 0) is 46.0 Å². The number of aldehydes is 1. The van der Waals surface area contributed by atoms with E-state index < -0.39 is 119 Å². The van der Waals surface area contributed by atoms with Crippen molar-refractivity contribution in [1.29, 1.82) is 0 Å². The number of rotatable bonds is 16. The van der Waals surface area contributed by atoms with Crippen molar-refractivity contribution in [1.82, 2.24) is 72.9 Å². The zero-order valence-corrected chi connectivity index (χ0v) is 70.2. The molecule has 617 valence electrons. The van der Waals surface area contributed by atoms with Gasteiger partial charge in [-0.2, -0.15) is 54.8 Å². The van der Waals surface area contributed by atoms with E-state index in [9.17, 15) is 88.1 Å². The Morgan fingerprint density at radius 3 is 1.07 bits per heavy atom. The number of benzene rings is 6. The molecule has 0 aliphatic carbocycles. The Hall–Kier alpha value is -8.36. The maximum Gasteiger partial charge on any atom is 1.00 e. The number of alkyl halides is 9. The summed E-state index contributed by atoms with van der Waals surface area (Å²) in [5.74, 6) is -1.33. The van der Waals surface area contributed by atoms with Crippen molar-refractivity contribution in [3.8, 4) is 17.1 Å². The summed E-state index contributed by atoms with van der Waals surface area (Å²) in [6.07, 6.45) is -3.77. The number of hydrogen-bond donors (Lipinski definition) is 6. The van der Waals surface area contributed by atoms with Crippen LogP contribution in [0.15, 0.2) is 184 Å². The molecular weight excluding hydrogens is 1810 g/mol. The molecule has 27 nitrogen and oxygen atoms in total. The second-order valence-corrected chi connectivity index (χ2v) is 28.9. The third kappa shape index (κ3) is 19.5. The van der Waals surface area contributed by atoms with Gasteiger partial charge in [0.25, 0.3) is 0 Å². The van der Waals surface area contributed by atoms with E-state index in [-0.39, 0.29) is 149 Å². The quantitative estimate of drug-likeness (QED) is 0.0231. The number of hydrogen-bond acceptors (Lipinski definition) is 21. The minimum Gasteiger partial charge on any atom is -1.00 e. The number of aliphatic hydroxyl groups is 6. The van der Waals surface area contributed by atoms with Crippen LogP contribution < -0.4 is 93.0 Å². The molecule has 4 unspecified atom stereocenters. The van der Waals surface area contributed by atoms with E-state index in [4.69, 9.17) is 53.3 Å². The zero-order valence-electron chi connectivity index (χ0n) is 62.8. The van der Waals surface area contributed by atoms with E-state index in [2.05, 4.69) is 45.2 Å². The fourth-order valence-electron chi connectivity index (χ4n) is 13.1. The van der Waals surface area contributed by atoms with Gasteiger partial charge in [0, 0.05) is 79.6 Å². The second-order valence-electron chi connectivity index (χ2n) is 25.7. The van der Waals surface area contributed by atoms with Crippen LogP contribution in [0.1, 0.15) is 47.6 Å². The van der Waals surface area contributed by atoms with Crippen LogP contribution in [0.4, 0.5) is 52.7 Å². The van der Waals surface area contributed by atoms with Crippen LogP contribution >= 0.6 is 34.8 Å². The van der Waals surface area contributed by atoms with Gasteiger partial charge in [-0.1, -0.05) is 53.0 Å². The zero-order chi connectivity index (χ0) is 84.5. The second kappa shape index (κ2) is 38.6. The fraction of sp³-hybridized carbons (Fsp3) is 0.216. The first-order valence-electron chi connectivity index (χ1n) is 34.0. The average molecular weight is 1870 g/mol. The summed E-state index contributed by atoms with van der Waals surface area (Å²) in [4.78, 5) is 34.3. The molecule has 6 N–H and O–H groups in total. The van der Waals surface area contributed by atoms with E-state index in [1.54, 1.807) is 0 Å². The van der Waals surface area contributed by atoms with Crippen molar-refractivity contribution in [2.75, 3.05) is 26.4 Å². The molecule has 1 fully saturated rings. The Bertz CT molecular complexity index is 6110. The van der Waals surface area contributed by atoms with E-state index >= 15 is 0 Å². The van der Waals surface area contributed by atoms with Gasteiger partial charge >= 0.3 is 77.6 Å². The Morgan fingerprint density at radius 2 is 0.783 bits per heavy atom. The number of carbonyl (C=O) groups excluding carboxylic acids is 1. The Morgan fingerprint density at radius 1 is 0.483 bits per heavy atom. The van der Waals surface area contributed by atoms with Gasteiger partial charge in [0.1, 0.15) is 79.4 Å². The average Bonchev–Trinajstić information content (AvgIpc) is 1.60. The molecule has 0 bridgehead atoms. The number of fused-ring (bicyclic) bond motifs is 6. The van der Waals surface area contributed by atoms with Crippen molar-refractivity contribution in [3.05, 3.63) is 250 Å². The van der Waals surface area contributed by atoms with Crippen molar-refractivity contribution < 1.29 is 187 Å². The molecule has 4 atom stereocenters. The molecule has 1 saturated heterocycles. The van der Waals surface area contributed by atoms with Crippen molar-refractivity contribution in [2.45, 2.75) is 73.9 Å². The first kappa shape index (κ1) is 95.5. The van der Waals surface area contributed by atoms with E-state index in [0.29, 0.717) is 50.7 Å². The normalized spacial score (nSPS) is 14.2. The minimum absolute atomic E-state index is 0. The van der Waals surface area contributed by atoms with Gasteiger partial charge in [0.05, 0.1) is 101 Å². The van der Waals surface area contributed by atoms with Crippen molar-refractivity contribution >= 4 is 115 Å². The predicted molar refractivity (Wildman–Crippen MR) is 391 cm³/mol. The van der Waals surface area contributed by atoms with Gasteiger partial charge < -0.3 is 55.3 Å². The van der Waals surface area contributed by atoms with E-state index in [0.717, 1.165) is 84.2 Å². The summed E-state index contributed by atoms with van der Waals surface area (Å²) in [5.41, 5.74) is -11.6. The Labute approximate surface area is 736 Å². The molecule has 10 heterocycles. The van der Waals surface area contributed by atoms with Crippen LogP contribution in [0.2, 0.25) is 15.5 Å². The molecule has 9 aromatic heterocycles. The molecule has 6 aromatic carbocycles. The molecule has 16 rings (SSSR count). The SMILES string of the molecule is C1CCOC1.O=CCn1cc(C(O)(c2ccc3c(cnn3-c3ccc(F)cc3)c2)C(F)(F)F)c2ncnc(Cl)c21.OCC(O)Cn1cc(C(O)(c2ccc3c(cnn3-c3ccc(F)cc3)c2)C(F)(F)F)c2ncnc(Cl)c21.OCCn1cc(C(O)(c2ccc3c(cnn3-c3ccc(F)cc3)c2)C(F)(F)F)c2ncnc(Cl)c21.[B].[H-].[Na+].[Na+].[O-][I+3]([O-])([O-])[O-]. The van der Waals surface area contributed by atoms with Gasteiger partial charge in [-0.25, -0.2) is 57.1 Å². The summed E-state index contributed by atoms with van der Waals surface area (Å²) >= 11 is 12.4. The number of nitrogens with zero attached hydrogens (tertiary/aromatic N) is 15. The topological polar surface area (TPSA) is 386 Å². The first-order chi connectivity index (χ1) is 55.3. The molecule has 15 aromatic rings. The summed E-state index contributed by atoms with van der Waals surface area (Å²) in [6.45, 7) is 0.242. The monoisotopic (exact) mass is 1860 g/mol. The number of halogens is 16. The molecule has 0 amide bonds. The number of ether oxygens (including phenoxy) is 1. The first-order valence-corrected chi connectivity index (χ1v) is 38.6. The van der Waals surface area contributed by atoms with Crippen LogP contribution in [0.3, 0.4) is 0 Å². The van der Waals surface area contributed by atoms with Gasteiger partial charge in [0.2, 0.25) is 16.8 Å². The molecular formula is C74H57BCl3F12IN15Na2O12. The smallest absolute Gasteiger partial charge is 1.00 e. The third-order valence-corrected chi connectivity index (χ3v) is 19.3. The molecule has 0 saturated carbocycles. The largest absolute Gasteiger partial charge is 1.00 e. The van der Waals surface area contributed by atoms with E-state index in [1.165, 1.54) is 153 Å². The van der Waals surface area contributed by atoms with Gasteiger partial charge in [0.15, 0.2) is 15.5 Å². The number of aliphatic hydroxyl groups excluding tert-OH is 3. The summed E-state index contributed by atoms with van der Waals surface area (Å²) in [5, 5.41) is 75.5. The van der Waals surface area contributed by atoms with E-state index in [1.807, 2.05) is 0 Å². The van der Waals surface area contributed by atoms with Gasteiger partial charge in [-0.05, 0) is 139 Å². The van der Waals surface area contributed by atoms with Gasteiger partial charge in [-0.3, -0.25) is 13.7 Å². The fourth-order valence-corrected chi connectivity index (χ4v) is 13.8. The summed E-state index contributed by atoms with van der Waals surface area (Å²) in [7, 11) is 0. The molecule has 3 radical (unpaired) electrons. The van der Waals surface area contributed by atoms with Crippen LogP contribution in [0.5, 0.6) is 0 Å². The molecule has 1 aliphatic rings. The molecule has 1 aliphatic heterocycles. The molecule has 46 heteroatoms. The van der Waals surface area contributed by atoms with Crippen LogP contribution in [0.25, 0.3) is 82.9 Å². The summed E-state index contributed by atoms with van der Waals surface area (Å²) < 4.78 is 219. The molecule has 0 spiro atoms. The molecule has 120 heavy (non-hydrogen) atoms. The maximum absolute atomic E-state index is 14.7. The number of carbonyl (C=O) groups is 1. The maximum atomic E-state index is 14.7. The predicted octanol–water partition coefficient (Wildman–Crippen LogP) is -0.588. The Kier molecular flexibility index (Phi) is 30.7. The Balaban J connectivity index is 0.000000209. The van der Waals surface area contributed by atoms with Crippen LogP contribution in [-0.4, -0.2) is 169 Å². The van der Waals surface area contributed by atoms with Gasteiger partial charge in [-0.15, -0.1) is 0 Å². The minimum atomic E-state index is -5.94. The van der Waals surface area contributed by atoms with Crippen molar-refractivity contribution in [2.24, 2.45) is 0 Å². The van der Waals surface area contributed by atoms with Crippen LogP contribution in [0, 0.1) is 17.5 Å². The third-order valence-electron chi connectivity index (χ3n) is 18.4. The number of aromatic nitrogens is 15. The van der Waals surface area contributed by atoms with Crippen molar-refractivity contribution in [3.63, 3.8) is 0 Å². The standard InChI is InChI=1S/C24H18ClF4N5O3.C23H16ClF4N5O2.C23H14ClF4N5O2.C4H8O.B.IO4.2Na.H/c25-22-21-20(30-12-31-22)18(10-33(21)9-17(36)11-35)23(37,24(27,28)29)14-1-6-19-13(7-14)8-32-34(19)16-4-2-15(26)3-5-16;2*24-21-20-19(29-12-30-21)17(11-32(20)7-8-34)22(35,23(26,27)28)14-1-6-18-13(9-14)10-31-33(18)16-4-2-15(25)3-5-16;1-2-4-5-3-1;;2-1(3,4)5;;;/h1-8,10,12,17,35-37H,9,11H2;1-6,9-12,34-35H,7-8H2;1-6,8-12,35H,7H2;1-4H2;;;;;/q;;;;;-1;2*+1;-1.